The smallest absolute Gasteiger partial charge is 0.199 e. The fourth-order valence-electron chi connectivity index (χ4n) is 0.932. The summed E-state index contributed by atoms with van der Waals surface area (Å²) >= 11 is 1.21. The molecule has 2 rings (SSSR count). The molecule has 68 valence electrons. The van der Waals surface area contributed by atoms with Crippen LogP contribution in [0.3, 0.4) is 0 Å². The molecule has 2 heterocycles. The Hall–Kier alpha value is -1.50. The summed E-state index contributed by atoms with van der Waals surface area (Å²) in [5.41, 5.74) is 5.44. The summed E-state index contributed by atoms with van der Waals surface area (Å²) in [5.74, 6) is 0.762. The SMILES string of the molecule is Nc1nc(CCn2cncn2)ns1. The highest BCUT2D eigenvalue weighted by molar-refractivity contribution is 7.09. The highest BCUT2D eigenvalue weighted by Gasteiger charge is 2.00. The third-order valence-electron chi connectivity index (χ3n) is 1.51. The van der Waals surface area contributed by atoms with E-state index in [4.69, 9.17) is 5.73 Å². The van der Waals surface area contributed by atoms with Crippen molar-refractivity contribution in [3.8, 4) is 0 Å². The fourth-order valence-corrected chi connectivity index (χ4v) is 1.41. The first-order valence-electron chi connectivity index (χ1n) is 3.75. The predicted octanol–water partition coefficient (Wildman–Crippen LogP) is -0.0455. The van der Waals surface area contributed by atoms with E-state index in [-0.39, 0.29) is 0 Å². The Morgan fingerprint density at radius 1 is 1.54 bits per heavy atom. The Bertz CT molecular complexity index is 366. The van der Waals surface area contributed by atoms with Crippen LogP contribution in [-0.4, -0.2) is 24.1 Å². The number of anilines is 1. The standard InChI is InChI=1S/C6H8N6S/c7-6-10-5(11-13-6)1-2-12-4-8-3-9-12/h3-4H,1-2H2,(H2,7,10,11). The molecule has 0 aliphatic rings. The van der Waals surface area contributed by atoms with Crippen LogP contribution in [0.4, 0.5) is 5.13 Å². The van der Waals surface area contributed by atoms with E-state index in [0.717, 1.165) is 18.8 Å². The minimum Gasteiger partial charge on any atom is -0.374 e. The van der Waals surface area contributed by atoms with Crippen LogP contribution in [-0.2, 0) is 13.0 Å². The lowest BCUT2D eigenvalue weighted by Crippen LogP contribution is -2.02. The molecule has 0 radical (unpaired) electrons. The molecule has 2 aromatic rings. The summed E-state index contributed by atoms with van der Waals surface area (Å²) in [6.07, 6.45) is 3.90. The maximum atomic E-state index is 5.44. The van der Waals surface area contributed by atoms with Gasteiger partial charge in [0.1, 0.15) is 18.5 Å². The van der Waals surface area contributed by atoms with Gasteiger partial charge in [-0.15, -0.1) is 0 Å². The Morgan fingerprint density at radius 2 is 2.46 bits per heavy atom. The van der Waals surface area contributed by atoms with Gasteiger partial charge in [-0.3, -0.25) is 4.68 Å². The zero-order valence-electron chi connectivity index (χ0n) is 6.79. The van der Waals surface area contributed by atoms with Gasteiger partial charge in [-0.25, -0.2) is 9.97 Å². The third-order valence-corrected chi connectivity index (χ3v) is 2.10. The molecule has 0 saturated carbocycles. The van der Waals surface area contributed by atoms with Gasteiger partial charge in [-0.1, -0.05) is 0 Å². The zero-order chi connectivity index (χ0) is 9.10. The first kappa shape index (κ1) is 8.11. The summed E-state index contributed by atoms with van der Waals surface area (Å²) in [4.78, 5) is 7.86. The van der Waals surface area contributed by atoms with Gasteiger partial charge in [0.05, 0.1) is 0 Å². The third kappa shape index (κ3) is 2.00. The number of nitrogens with zero attached hydrogens (tertiary/aromatic N) is 5. The summed E-state index contributed by atoms with van der Waals surface area (Å²) in [5, 5.41) is 4.47. The molecule has 0 bridgehead atoms. The zero-order valence-corrected chi connectivity index (χ0v) is 7.61. The van der Waals surface area contributed by atoms with Gasteiger partial charge in [0.25, 0.3) is 0 Å². The average Bonchev–Trinajstić information content (AvgIpc) is 2.71. The van der Waals surface area contributed by atoms with Gasteiger partial charge in [-0.2, -0.15) is 9.47 Å². The van der Waals surface area contributed by atoms with Crippen molar-refractivity contribution in [2.45, 2.75) is 13.0 Å². The molecular formula is C6H8N6S. The molecule has 2 aromatic heterocycles. The molecule has 0 unspecified atom stereocenters. The molecule has 0 atom stereocenters. The summed E-state index contributed by atoms with van der Waals surface area (Å²) in [7, 11) is 0. The lowest BCUT2D eigenvalue weighted by Gasteiger charge is -1.95. The van der Waals surface area contributed by atoms with Crippen molar-refractivity contribution >= 4 is 16.7 Å². The maximum Gasteiger partial charge on any atom is 0.199 e. The van der Waals surface area contributed by atoms with Crippen LogP contribution < -0.4 is 5.73 Å². The van der Waals surface area contributed by atoms with E-state index in [2.05, 4.69) is 19.4 Å². The molecule has 7 heteroatoms. The molecule has 6 nitrogen and oxygen atoms in total. The minimum absolute atomic E-state index is 0.508. The van der Waals surface area contributed by atoms with E-state index in [9.17, 15) is 0 Å². The maximum absolute atomic E-state index is 5.44. The summed E-state index contributed by atoms with van der Waals surface area (Å²) < 4.78 is 5.79. The van der Waals surface area contributed by atoms with Crippen LogP contribution >= 0.6 is 11.5 Å². The second-order valence-electron chi connectivity index (χ2n) is 2.46. The highest BCUT2D eigenvalue weighted by Crippen LogP contribution is 2.06. The average molecular weight is 196 g/mol. The van der Waals surface area contributed by atoms with Gasteiger partial charge >= 0.3 is 0 Å². The lowest BCUT2D eigenvalue weighted by molar-refractivity contribution is 0.602. The Labute approximate surface area is 78.6 Å². The topological polar surface area (TPSA) is 82.5 Å². The van der Waals surface area contributed by atoms with Crippen LogP contribution in [0.2, 0.25) is 0 Å². The van der Waals surface area contributed by atoms with Crippen molar-refractivity contribution in [3.63, 3.8) is 0 Å². The van der Waals surface area contributed by atoms with E-state index in [1.54, 1.807) is 11.0 Å². The Kier molecular flexibility index (Phi) is 2.17. The van der Waals surface area contributed by atoms with E-state index in [1.807, 2.05) is 0 Å². The molecule has 0 saturated heterocycles. The van der Waals surface area contributed by atoms with Crippen LogP contribution in [0.15, 0.2) is 12.7 Å². The van der Waals surface area contributed by atoms with Crippen LogP contribution in [0, 0.1) is 0 Å². The van der Waals surface area contributed by atoms with E-state index in [1.165, 1.54) is 17.9 Å². The normalized spacial score (nSPS) is 10.5. The predicted molar refractivity (Wildman–Crippen MR) is 48.0 cm³/mol. The number of hydrogen-bond acceptors (Lipinski definition) is 6. The van der Waals surface area contributed by atoms with Gasteiger partial charge < -0.3 is 5.73 Å². The Morgan fingerprint density at radius 3 is 3.08 bits per heavy atom. The molecule has 0 spiro atoms. The molecule has 0 amide bonds. The molecule has 2 N–H and O–H groups in total. The van der Waals surface area contributed by atoms with Gasteiger partial charge in [0.2, 0.25) is 0 Å². The number of aryl methyl sites for hydroxylation is 2. The van der Waals surface area contributed by atoms with Gasteiger partial charge in [-0.05, 0) is 0 Å². The van der Waals surface area contributed by atoms with E-state index in [0.29, 0.717) is 5.13 Å². The minimum atomic E-state index is 0.508. The second-order valence-corrected chi connectivity index (χ2v) is 3.24. The summed E-state index contributed by atoms with van der Waals surface area (Å²) in [6, 6.07) is 0. The monoisotopic (exact) mass is 196 g/mol. The van der Waals surface area contributed by atoms with Crippen molar-refractivity contribution in [3.05, 3.63) is 18.5 Å². The van der Waals surface area contributed by atoms with Crippen molar-refractivity contribution < 1.29 is 0 Å². The van der Waals surface area contributed by atoms with Crippen molar-refractivity contribution in [2.75, 3.05) is 5.73 Å². The van der Waals surface area contributed by atoms with Crippen LogP contribution in [0.25, 0.3) is 0 Å². The fraction of sp³-hybridized carbons (Fsp3) is 0.333. The second kappa shape index (κ2) is 3.48. The number of nitrogens with two attached hydrogens (primary N) is 1. The van der Waals surface area contributed by atoms with Crippen LogP contribution in [0.1, 0.15) is 5.82 Å². The largest absolute Gasteiger partial charge is 0.374 e. The van der Waals surface area contributed by atoms with Gasteiger partial charge in [0.15, 0.2) is 5.13 Å². The first-order valence-corrected chi connectivity index (χ1v) is 4.52. The quantitative estimate of drug-likeness (QED) is 0.744. The molecule has 0 aliphatic carbocycles. The molecule has 0 aliphatic heterocycles. The van der Waals surface area contributed by atoms with E-state index < -0.39 is 0 Å². The number of hydrogen-bond donors (Lipinski definition) is 1. The molecule has 13 heavy (non-hydrogen) atoms. The first-order chi connectivity index (χ1) is 6.34. The van der Waals surface area contributed by atoms with Crippen molar-refractivity contribution in [1.82, 2.24) is 24.1 Å². The lowest BCUT2D eigenvalue weighted by atomic mass is 10.4. The van der Waals surface area contributed by atoms with Crippen molar-refractivity contribution in [1.29, 1.82) is 0 Å². The summed E-state index contributed by atoms with van der Waals surface area (Å²) in [6.45, 7) is 0.732. The number of nitrogen functional groups attached to an aromatic ring is 1. The Balaban J connectivity index is 1.93. The van der Waals surface area contributed by atoms with E-state index >= 15 is 0 Å². The number of aromatic nitrogens is 5. The highest BCUT2D eigenvalue weighted by atomic mass is 32.1. The molecule has 0 fully saturated rings. The number of rotatable bonds is 3. The molecular weight excluding hydrogens is 188 g/mol. The van der Waals surface area contributed by atoms with Crippen LogP contribution in [0.5, 0.6) is 0 Å². The van der Waals surface area contributed by atoms with Crippen molar-refractivity contribution in [2.24, 2.45) is 0 Å². The van der Waals surface area contributed by atoms with Gasteiger partial charge in [0, 0.05) is 24.5 Å². The molecule has 0 aromatic carbocycles.